The maximum atomic E-state index is 5.13. The van der Waals surface area contributed by atoms with E-state index in [1.807, 2.05) is 18.3 Å². The van der Waals surface area contributed by atoms with E-state index in [9.17, 15) is 0 Å². The maximum absolute atomic E-state index is 5.13. The zero-order valence-corrected chi connectivity index (χ0v) is 21.5. The van der Waals surface area contributed by atoms with Gasteiger partial charge in [-0.05, 0) is 60.0 Å². The molecule has 0 aliphatic carbocycles. The highest BCUT2D eigenvalue weighted by Crippen LogP contribution is 2.42. The summed E-state index contributed by atoms with van der Waals surface area (Å²) >= 11 is 0. The van der Waals surface area contributed by atoms with Gasteiger partial charge in [0.1, 0.15) is 5.82 Å². The fourth-order valence-corrected chi connectivity index (χ4v) is 6.52. The molecule has 9 aromatic rings. The summed E-state index contributed by atoms with van der Waals surface area (Å²) in [6.07, 6.45) is 3.66. The molecule has 5 aromatic heterocycles. The van der Waals surface area contributed by atoms with Gasteiger partial charge < -0.3 is 4.40 Å². The standard InChI is InChI=1S/C36H22N4/c1-5-15-29-23(9-1)21-33-25-11-2-3-12-26(25)35-31(39(29)33)18-19-32-36(35)27-13-4-6-16-30(27)40(32)34-17-7-14-28(38-34)24-10-8-20-37-22-24/h1-22H. The normalized spacial score (nSPS) is 12.0. The Kier molecular flexibility index (Phi) is 4.30. The highest BCUT2D eigenvalue weighted by atomic mass is 15.1. The summed E-state index contributed by atoms with van der Waals surface area (Å²) in [5, 5.41) is 7.50. The number of benzene rings is 4. The minimum atomic E-state index is 0.892. The van der Waals surface area contributed by atoms with Crippen molar-refractivity contribution < 1.29 is 0 Å². The highest BCUT2D eigenvalue weighted by Gasteiger charge is 2.20. The zero-order valence-electron chi connectivity index (χ0n) is 21.5. The number of para-hydroxylation sites is 2. The molecule has 0 radical (unpaired) electrons. The number of aromatic nitrogens is 4. The molecule has 4 nitrogen and oxygen atoms in total. The van der Waals surface area contributed by atoms with Crippen molar-refractivity contribution in [3.05, 3.63) is 134 Å². The van der Waals surface area contributed by atoms with Gasteiger partial charge in [0.2, 0.25) is 0 Å². The lowest BCUT2D eigenvalue weighted by Gasteiger charge is -2.13. The molecule has 5 heterocycles. The zero-order chi connectivity index (χ0) is 26.2. The SMILES string of the molecule is c1cncc(-c2cccc(-n3c4ccccc4c4c5c6ccccc6c6cc7ccccc7n6c5ccc43)n2)c1. The van der Waals surface area contributed by atoms with Crippen molar-refractivity contribution in [1.29, 1.82) is 0 Å². The second-order valence-corrected chi connectivity index (χ2v) is 10.3. The maximum Gasteiger partial charge on any atom is 0.138 e. The third-order valence-corrected chi connectivity index (χ3v) is 8.16. The molecule has 0 aliphatic heterocycles. The van der Waals surface area contributed by atoms with Crippen LogP contribution in [0.1, 0.15) is 0 Å². The second kappa shape index (κ2) is 8.01. The third-order valence-electron chi connectivity index (χ3n) is 8.16. The minimum absolute atomic E-state index is 0.892. The van der Waals surface area contributed by atoms with Gasteiger partial charge in [-0.25, -0.2) is 4.98 Å². The molecule has 4 aromatic carbocycles. The van der Waals surface area contributed by atoms with E-state index in [0.29, 0.717) is 0 Å². The van der Waals surface area contributed by atoms with Gasteiger partial charge in [-0.2, -0.15) is 0 Å². The molecule has 186 valence electrons. The van der Waals surface area contributed by atoms with E-state index in [1.54, 1.807) is 6.20 Å². The van der Waals surface area contributed by atoms with Crippen molar-refractivity contribution in [2.75, 3.05) is 0 Å². The van der Waals surface area contributed by atoms with E-state index in [1.165, 1.54) is 48.9 Å². The Hall–Kier alpha value is -5.48. The van der Waals surface area contributed by atoms with Crippen molar-refractivity contribution in [3.8, 4) is 17.1 Å². The minimum Gasteiger partial charge on any atom is -0.309 e. The molecule has 0 aliphatic rings. The molecule has 0 saturated heterocycles. The molecule has 0 N–H and O–H groups in total. The first-order valence-corrected chi connectivity index (χ1v) is 13.5. The summed E-state index contributed by atoms with van der Waals surface area (Å²) in [5.74, 6) is 0.892. The van der Waals surface area contributed by atoms with Crippen LogP contribution >= 0.6 is 0 Å². The molecule has 0 atom stereocenters. The largest absolute Gasteiger partial charge is 0.309 e. The monoisotopic (exact) mass is 510 g/mol. The van der Waals surface area contributed by atoms with Gasteiger partial charge >= 0.3 is 0 Å². The first kappa shape index (κ1) is 21.5. The van der Waals surface area contributed by atoms with Gasteiger partial charge in [-0.3, -0.25) is 9.55 Å². The predicted octanol–water partition coefficient (Wildman–Crippen LogP) is 8.95. The number of hydrogen-bond acceptors (Lipinski definition) is 2. The fraction of sp³-hybridized carbons (Fsp3) is 0. The van der Waals surface area contributed by atoms with Gasteiger partial charge in [0.05, 0.1) is 33.3 Å². The number of nitrogens with zero attached hydrogens (tertiary/aromatic N) is 4. The van der Waals surface area contributed by atoms with Crippen LogP contribution < -0.4 is 0 Å². The van der Waals surface area contributed by atoms with Crippen molar-refractivity contribution in [1.82, 2.24) is 18.9 Å². The Balaban J connectivity index is 1.48. The van der Waals surface area contributed by atoms with E-state index in [-0.39, 0.29) is 0 Å². The van der Waals surface area contributed by atoms with E-state index >= 15 is 0 Å². The van der Waals surface area contributed by atoms with E-state index in [2.05, 4.69) is 123 Å². The number of fused-ring (bicyclic) bond motifs is 12. The molecule has 0 spiro atoms. The first-order valence-electron chi connectivity index (χ1n) is 13.5. The molecule has 4 heteroatoms. The van der Waals surface area contributed by atoms with E-state index in [4.69, 9.17) is 4.98 Å². The predicted molar refractivity (Wildman–Crippen MR) is 165 cm³/mol. The quantitative estimate of drug-likeness (QED) is 0.218. The summed E-state index contributed by atoms with van der Waals surface area (Å²) in [5.41, 5.74) is 7.86. The molecule has 0 unspecified atom stereocenters. The van der Waals surface area contributed by atoms with Crippen LogP contribution in [0.3, 0.4) is 0 Å². The highest BCUT2D eigenvalue weighted by molar-refractivity contribution is 6.30. The van der Waals surface area contributed by atoms with Crippen molar-refractivity contribution in [2.45, 2.75) is 0 Å². The first-order chi connectivity index (χ1) is 19.9. The second-order valence-electron chi connectivity index (χ2n) is 10.3. The molecule has 0 fully saturated rings. The lowest BCUT2D eigenvalue weighted by Crippen LogP contribution is -1.99. The van der Waals surface area contributed by atoms with Gasteiger partial charge in [0.15, 0.2) is 0 Å². The van der Waals surface area contributed by atoms with Gasteiger partial charge in [-0.1, -0.05) is 66.7 Å². The molecular weight excluding hydrogens is 488 g/mol. The Bertz CT molecular complexity index is 2430. The molecular formula is C36H22N4. The summed E-state index contributed by atoms with van der Waals surface area (Å²) in [4.78, 5) is 9.44. The summed E-state index contributed by atoms with van der Waals surface area (Å²) in [7, 11) is 0. The molecule has 0 amide bonds. The van der Waals surface area contributed by atoms with Crippen LogP contribution in [0.15, 0.2) is 134 Å². The lowest BCUT2D eigenvalue weighted by atomic mass is 10.00. The topological polar surface area (TPSA) is 35.1 Å². The average molecular weight is 511 g/mol. The number of rotatable bonds is 2. The summed E-state index contributed by atoms with van der Waals surface area (Å²) in [6.45, 7) is 0. The number of hydrogen-bond donors (Lipinski definition) is 0. The van der Waals surface area contributed by atoms with Crippen LogP contribution in [-0.2, 0) is 0 Å². The number of pyridine rings is 3. The van der Waals surface area contributed by atoms with Gasteiger partial charge in [-0.15, -0.1) is 0 Å². The van der Waals surface area contributed by atoms with Crippen molar-refractivity contribution in [3.63, 3.8) is 0 Å². The van der Waals surface area contributed by atoms with Crippen LogP contribution in [-0.4, -0.2) is 18.9 Å². The lowest BCUT2D eigenvalue weighted by molar-refractivity contribution is 1.08. The molecule has 9 rings (SSSR count). The van der Waals surface area contributed by atoms with Crippen LogP contribution in [0, 0.1) is 0 Å². The van der Waals surface area contributed by atoms with E-state index < -0.39 is 0 Å². The Labute approximate surface area is 229 Å². The van der Waals surface area contributed by atoms with Crippen LogP contribution in [0.5, 0.6) is 0 Å². The Morgan fingerprint density at radius 2 is 1.25 bits per heavy atom. The van der Waals surface area contributed by atoms with E-state index in [0.717, 1.165) is 28.1 Å². The van der Waals surface area contributed by atoms with Crippen molar-refractivity contribution in [2.24, 2.45) is 0 Å². The summed E-state index contributed by atoms with van der Waals surface area (Å²) < 4.78 is 4.73. The molecule has 40 heavy (non-hydrogen) atoms. The van der Waals surface area contributed by atoms with Crippen LogP contribution in [0.25, 0.3) is 77.0 Å². The van der Waals surface area contributed by atoms with Gasteiger partial charge in [0.25, 0.3) is 0 Å². The van der Waals surface area contributed by atoms with Gasteiger partial charge in [0, 0.05) is 44.9 Å². The summed E-state index contributed by atoms with van der Waals surface area (Å²) in [6, 6.07) is 43.2. The Morgan fingerprint density at radius 1 is 0.500 bits per heavy atom. The third kappa shape index (κ3) is 2.85. The van der Waals surface area contributed by atoms with Crippen LogP contribution in [0.2, 0.25) is 0 Å². The molecule has 0 bridgehead atoms. The molecule has 0 saturated carbocycles. The van der Waals surface area contributed by atoms with Crippen LogP contribution in [0.4, 0.5) is 0 Å². The average Bonchev–Trinajstić information content (AvgIpc) is 3.58. The Morgan fingerprint density at radius 3 is 2.12 bits per heavy atom. The smallest absolute Gasteiger partial charge is 0.138 e. The van der Waals surface area contributed by atoms with Crippen molar-refractivity contribution >= 4 is 59.9 Å². The fourth-order valence-electron chi connectivity index (χ4n) is 6.52.